The Hall–Kier alpha value is -5.17. The second kappa shape index (κ2) is 28.9. The monoisotopic (exact) mass is 980 g/mol. The number of nitrogens with two attached hydrogens (primary N) is 2. The van der Waals surface area contributed by atoms with Crippen molar-refractivity contribution >= 4 is 74.8 Å². The first-order chi connectivity index (χ1) is 31.9. The summed E-state index contributed by atoms with van der Waals surface area (Å²) in [5.41, 5.74) is 11.8. The maximum Gasteiger partial charge on any atom is 0.246 e. The SMILES string of the molecule is CCOc1ccc(C[C@H]2NC(=O)CCSSC[C@@H](C(=O)N3CCC[C@H]3C(=O)N[C@@H](CCCN)C(=O)NCCO)NC(=O)[C@H](CC(N)=O)NC(=O)[C@H]([C@@H](C)O)NC(=O)[C@H]([C@@H](C)CC)NC2=O)cc1. The molecule has 24 heteroatoms. The third-order valence-electron chi connectivity index (χ3n) is 11.1. The van der Waals surface area contributed by atoms with Gasteiger partial charge in [-0.25, -0.2) is 0 Å². The van der Waals surface area contributed by atoms with Crippen LogP contribution in [-0.2, 0) is 49.6 Å². The molecule has 0 spiro atoms. The summed E-state index contributed by atoms with van der Waals surface area (Å²) in [5, 5.41) is 38.1. The second-order valence-electron chi connectivity index (χ2n) is 16.3. The van der Waals surface area contributed by atoms with Crippen molar-refractivity contribution in [3.8, 4) is 5.75 Å². The molecular weight excluding hydrogens is 913 g/mol. The van der Waals surface area contributed by atoms with Gasteiger partial charge in [0.1, 0.15) is 48.0 Å². The molecule has 22 nitrogen and oxygen atoms in total. The molecule has 0 bridgehead atoms. The molecular formula is C43H68N10O12S2. The Bertz CT molecular complexity index is 1860. The summed E-state index contributed by atoms with van der Waals surface area (Å²) in [6.45, 7) is 6.93. The van der Waals surface area contributed by atoms with E-state index in [9.17, 15) is 53.4 Å². The predicted molar refractivity (Wildman–Crippen MR) is 250 cm³/mol. The van der Waals surface area contributed by atoms with E-state index in [0.717, 1.165) is 10.8 Å². The number of hydrogen-bond donors (Lipinski definition) is 11. The van der Waals surface area contributed by atoms with Crippen molar-refractivity contribution in [2.75, 3.05) is 44.4 Å². The van der Waals surface area contributed by atoms with Crippen LogP contribution in [0.2, 0.25) is 0 Å². The van der Waals surface area contributed by atoms with Gasteiger partial charge in [0.05, 0.1) is 25.7 Å². The van der Waals surface area contributed by atoms with Crippen LogP contribution in [0.15, 0.2) is 24.3 Å². The van der Waals surface area contributed by atoms with Crippen molar-refractivity contribution in [1.82, 2.24) is 42.1 Å². The standard InChI is InChI=1S/C43H68N10O12S2/c1-5-24(3)35-41(62)52-36(25(4)55)42(63)49-30(22-33(45)56)38(59)50-31(43(64)53-18-8-10-32(53)40(61)48-28(9-7-16-44)37(58)46-17-19-54)23-67-66-20-15-34(57)47-29(39(60)51-35)21-26-11-13-27(14-12-26)65-6-2/h11-14,24-25,28-32,35-36,54-55H,5-10,15-23,44H2,1-4H3,(H2,45,56)(H,46,58)(H,47,57)(H,48,61)(H,49,63)(H,50,59)(H,51,60)(H,52,62)/t24-,25+,28-,29+,30-,31-,32-,35-,36-/m0/s1. The number of hydrogen-bond acceptors (Lipinski definition) is 15. The number of nitrogens with zero attached hydrogens (tertiary/aromatic N) is 1. The quantitative estimate of drug-likeness (QED) is 0.0676. The summed E-state index contributed by atoms with van der Waals surface area (Å²) in [7, 11) is 2.30. The van der Waals surface area contributed by atoms with E-state index in [1.54, 1.807) is 38.1 Å². The Labute approximate surface area is 398 Å². The number of primary amides is 1. The van der Waals surface area contributed by atoms with Gasteiger partial charge >= 0.3 is 0 Å². The summed E-state index contributed by atoms with van der Waals surface area (Å²) in [6, 6.07) is -2.36. The zero-order valence-corrected chi connectivity index (χ0v) is 40.1. The largest absolute Gasteiger partial charge is 0.494 e. The fourth-order valence-corrected chi connectivity index (χ4v) is 9.44. The minimum Gasteiger partial charge on any atom is -0.494 e. The van der Waals surface area contributed by atoms with Crippen LogP contribution in [0.1, 0.15) is 78.2 Å². The van der Waals surface area contributed by atoms with E-state index in [4.69, 9.17) is 16.2 Å². The predicted octanol–water partition coefficient (Wildman–Crippen LogP) is -2.54. The molecule has 2 fully saturated rings. The molecule has 2 aliphatic heterocycles. The Morgan fingerprint density at radius 3 is 2.21 bits per heavy atom. The van der Waals surface area contributed by atoms with Crippen LogP contribution in [0, 0.1) is 5.92 Å². The van der Waals surface area contributed by atoms with Gasteiger partial charge in [-0.1, -0.05) is 54.0 Å². The average molecular weight is 981 g/mol. The molecule has 1 aromatic carbocycles. The number of likely N-dealkylation sites (tertiary alicyclic amines) is 1. The summed E-state index contributed by atoms with van der Waals surface area (Å²) >= 11 is 0. The van der Waals surface area contributed by atoms with Gasteiger partial charge in [-0.15, -0.1) is 0 Å². The third kappa shape index (κ3) is 18.1. The number of amides is 9. The van der Waals surface area contributed by atoms with Gasteiger partial charge in [-0.3, -0.25) is 43.2 Å². The lowest BCUT2D eigenvalue weighted by atomic mass is 9.96. The number of ether oxygens (including phenoxy) is 1. The average Bonchev–Trinajstić information content (AvgIpc) is 3.79. The molecule has 2 aliphatic rings. The highest BCUT2D eigenvalue weighted by molar-refractivity contribution is 8.76. The number of carbonyl (C=O) groups excluding carboxylic acids is 9. The Morgan fingerprint density at radius 1 is 0.910 bits per heavy atom. The number of aliphatic hydroxyl groups excluding tert-OH is 2. The lowest BCUT2D eigenvalue weighted by Crippen LogP contribution is -2.63. The molecule has 374 valence electrons. The van der Waals surface area contributed by atoms with E-state index >= 15 is 0 Å². The van der Waals surface area contributed by atoms with Gasteiger partial charge in [0.2, 0.25) is 53.2 Å². The zero-order valence-electron chi connectivity index (χ0n) is 38.5. The fourth-order valence-electron chi connectivity index (χ4n) is 7.30. The topological polar surface area (TPSA) is 343 Å². The van der Waals surface area contributed by atoms with E-state index in [1.165, 1.54) is 22.6 Å². The lowest BCUT2D eigenvalue weighted by molar-refractivity contribution is -0.142. The molecule has 3 rings (SSSR count). The molecule has 2 heterocycles. The lowest BCUT2D eigenvalue weighted by Gasteiger charge is -2.31. The number of benzene rings is 1. The first-order valence-corrected chi connectivity index (χ1v) is 25.1. The number of carbonyl (C=O) groups is 9. The highest BCUT2D eigenvalue weighted by Crippen LogP contribution is 2.26. The first-order valence-electron chi connectivity index (χ1n) is 22.6. The molecule has 0 unspecified atom stereocenters. The first kappa shape index (κ1) is 56.2. The van der Waals surface area contributed by atoms with Crippen LogP contribution in [0.5, 0.6) is 5.75 Å². The van der Waals surface area contributed by atoms with E-state index < -0.39 is 114 Å². The number of rotatable bonds is 18. The van der Waals surface area contributed by atoms with E-state index in [-0.39, 0.29) is 63.4 Å². The van der Waals surface area contributed by atoms with Crippen molar-refractivity contribution in [3.63, 3.8) is 0 Å². The van der Waals surface area contributed by atoms with Crippen LogP contribution in [0.3, 0.4) is 0 Å². The van der Waals surface area contributed by atoms with Gasteiger partial charge in [0.15, 0.2) is 0 Å². The maximum absolute atomic E-state index is 14.4. The maximum atomic E-state index is 14.4. The summed E-state index contributed by atoms with van der Waals surface area (Å²) in [5.74, 6) is -6.92. The zero-order chi connectivity index (χ0) is 49.6. The van der Waals surface area contributed by atoms with Crippen LogP contribution in [0.25, 0.3) is 0 Å². The van der Waals surface area contributed by atoms with Crippen molar-refractivity contribution in [2.24, 2.45) is 17.4 Å². The summed E-state index contributed by atoms with van der Waals surface area (Å²) in [4.78, 5) is 124. The Balaban J connectivity index is 1.99. The van der Waals surface area contributed by atoms with E-state index in [0.29, 0.717) is 37.2 Å². The molecule has 0 saturated carbocycles. The highest BCUT2D eigenvalue weighted by atomic mass is 33.1. The molecule has 0 aromatic heterocycles. The normalized spacial score (nSPS) is 24.0. The minimum atomic E-state index is -1.73. The number of nitrogens with one attached hydrogen (secondary N) is 7. The summed E-state index contributed by atoms with van der Waals surface area (Å²) < 4.78 is 5.54. The fraction of sp³-hybridized carbons (Fsp3) is 0.651. The Kier molecular flexibility index (Phi) is 24.2. The molecule has 0 radical (unpaired) electrons. The molecule has 67 heavy (non-hydrogen) atoms. The smallest absolute Gasteiger partial charge is 0.246 e. The number of aliphatic hydroxyl groups is 2. The van der Waals surface area contributed by atoms with Crippen LogP contribution < -0.4 is 53.4 Å². The van der Waals surface area contributed by atoms with Crippen molar-refractivity contribution in [2.45, 2.75) is 127 Å². The molecule has 1 aromatic rings. The van der Waals surface area contributed by atoms with Crippen LogP contribution in [0.4, 0.5) is 0 Å². The third-order valence-corrected chi connectivity index (χ3v) is 13.6. The Morgan fingerprint density at radius 2 is 1.58 bits per heavy atom. The van der Waals surface area contributed by atoms with E-state index in [1.807, 2.05) is 6.92 Å². The van der Waals surface area contributed by atoms with Crippen molar-refractivity contribution in [1.29, 1.82) is 0 Å². The van der Waals surface area contributed by atoms with Gasteiger partial charge in [-0.2, -0.15) is 0 Å². The van der Waals surface area contributed by atoms with Gasteiger partial charge < -0.3 is 68.5 Å². The minimum absolute atomic E-state index is 0.0327. The van der Waals surface area contributed by atoms with E-state index in [2.05, 4.69) is 37.2 Å². The van der Waals surface area contributed by atoms with Crippen LogP contribution in [-0.4, -0.2) is 161 Å². The summed E-state index contributed by atoms with van der Waals surface area (Å²) in [6.07, 6.45) is -0.800. The van der Waals surface area contributed by atoms with Gasteiger partial charge in [0.25, 0.3) is 0 Å². The molecule has 0 aliphatic carbocycles. The van der Waals surface area contributed by atoms with Gasteiger partial charge in [0, 0.05) is 37.4 Å². The van der Waals surface area contributed by atoms with Crippen molar-refractivity contribution < 1.29 is 58.1 Å². The van der Waals surface area contributed by atoms with Crippen LogP contribution >= 0.6 is 21.6 Å². The molecule has 9 atom stereocenters. The molecule has 13 N–H and O–H groups in total. The van der Waals surface area contributed by atoms with Crippen molar-refractivity contribution in [3.05, 3.63) is 29.8 Å². The second-order valence-corrected chi connectivity index (χ2v) is 19.0. The molecule has 2 saturated heterocycles. The molecule has 9 amide bonds. The van der Waals surface area contributed by atoms with Gasteiger partial charge in [-0.05, 0) is 69.7 Å². The highest BCUT2D eigenvalue weighted by Gasteiger charge is 2.41.